The predicted octanol–water partition coefficient (Wildman–Crippen LogP) is 0.443. The molecule has 2 aromatic carbocycles. The number of carboxylic acid groups (broad SMARTS) is 1. The van der Waals surface area contributed by atoms with Gasteiger partial charge in [-0.1, -0.05) is 48.5 Å². The van der Waals surface area contributed by atoms with E-state index < -0.39 is 56.2 Å². The molecule has 0 aliphatic heterocycles. The van der Waals surface area contributed by atoms with Crippen LogP contribution in [-0.2, 0) is 23.7 Å². The molecule has 14 heteroatoms. The zero-order valence-electron chi connectivity index (χ0n) is 19.5. The van der Waals surface area contributed by atoms with Gasteiger partial charge >= 0.3 is 19.8 Å². The maximum atomic E-state index is 12.7. The molecular formula is C23H26N3O10P. The Morgan fingerprint density at radius 3 is 2.00 bits per heavy atom. The number of aliphatic carboxylic acids is 1. The number of alkyl carbamates (subject to hydrolysis) is 1. The molecule has 0 fully saturated rings. The van der Waals surface area contributed by atoms with Crippen LogP contribution >= 0.6 is 7.75 Å². The van der Waals surface area contributed by atoms with E-state index in [1.165, 1.54) is 5.09 Å². The van der Waals surface area contributed by atoms with Crippen molar-refractivity contribution in [3.63, 3.8) is 0 Å². The number of amides is 3. The van der Waals surface area contributed by atoms with Gasteiger partial charge < -0.3 is 35.4 Å². The van der Waals surface area contributed by atoms with Gasteiger partial charge in [-0.25, -0.2) is 14.2 Å². The third-order valence-electron chi connectivity index (χ3n) is 5.66. The van der Waals surface area contributed by atoms with E-state index in [4.69, 9.17) is 14.5 Å². The van der Waals surface area contributed by atoms with E-state index in [2.05, 4.69) is 5.32 Å². The summed E-state index contributed by atoms with van der Waals surface area (Å²) >= 11 is 0. The molecule has 2 aromatic rings. The number of rotatable bonds is 10. The molecule has 0 saturated heterocycles. The van der Waals surface area contributed by atoms with E-state index in [1.54, 1.807) is 0 Å². The average Bonchev–Trinajstić information content (AvgIpc) is 3.12. The van der Waals surface area contributed by atoms with Crippen LogP contribution in [-0.4, -0.2) is 68.7 Å². The Balaban J connectivity index is 1.73. The van der Waals surface area contributed by atoms with Crippen molar-refractivity contribution in [1.29, 1.82) is 0 Å². The van der Waals surface area contributed by atoms with Gasteiger partial charge in [0.05, 0.1) is 12.5 Å². The van der Waals surface area contributed by atoms with E-state index in [1.807, 2.05) is 53.8 Å². The van der Waals surface area contributed by atoms with Gasteiger partial charge in [0.1, 0.15) is 12.6 Å². The van der Waals surface area contributed by atoms with Crippen molar-refractivity contribution < 1.29 is 48.5 Å². The first kappa shape index (κ1) is 27.8. The third-order valence-corrected chi connectivity index (χ3v) is 6.20. The maximum Gasteiger partial charge on any atom is 0.429 e. The van der Waals surface area contributed by atoms with Crippen LogP contribution in [0.15, 0.2) is 48.5 Å². The van der Waals surface area contributed by atoms with Crippen molar-refractivity contribution in [2.24, 2.45) is 0 Å². The summed E-state index contributed by atoms with van der Waals surface area (Å²) in [5.74, 6) is -4.38. The van der Waals surface area contributed by atoms with Gasteiger partial charge in [-0.05, 0) is 29.2 Å². The zero-order chi connectivity index (χ0) is 27.3. The number of carbonyl (C=O) groups is 4. The molecule has 3 amide bonds. The lowest BCUT2D eigenvalue weighted by atomic mass is 9.98. The summed E-state index contributed by atoms with van der Waals surface area (Å²) in [7, 11) is -5.00. The number of hydrogen-bond acceptors (Lipinski definition) is 7. The molecule has 13 nitrogen and oxygen atoms in total. The lowest BCUT2D eigenvalue weighted by Gasteiger charge is -2.23. The summed E-state index contributed by atoms with van der Waals surface area (Å²) < 4.78 is 16.4. The molecular weight excluding hydrogens is 509 g/mol. The minimum absolute atomic E-state index is 0.131. The molecule has 0 saturated carbocycles. The Morgan fingerprint density at radius 1 is 0.973 bits per heavy atom. The van der Waals surface area contributed by atoms with Crippen molar-refractivity contribution in [1.82, 2.24) is 15.7 Å². The van der Waals surface area contributed by atoms with E-state index in [9.17, 15) is 34.0 Å². The number of benzene rings is 2. The Kier molecular flexibility index (Phi) is 8.66. The number of hydrogen-bond donors (Lipinski definition) is 7. The first-order chi connectivity index (χ1) is 17.4. The SMILES string of the molecule is C[C@@H](O)[C@H](NC(=O)[C@H](CC(=O)NP(=O)(O)O)NC(=O)OCC1c2ccccc2-c2ccccc21)C(=O)O. The standard InChI is InChI=1S/C23H26N3O10P/c1-12(27)20(22(30)31)25-21(29)18(10-19(28)26-37(33,34)35)24-23(32)36-11-17-15-8-4-2-6-13(15)14-7-3-5-9-16(14)17/h2-9,12,17-18,20,27H,10-11H2,1H3,(H,24,32)(H,25,29)(H,30,31)(H3,26,28,33,34,35)/t12-,18+,20+/m1/s1. The summed E-state index contributed by atoms with van der Waals surface area (Å²) in [4.78, 5) is 66.4. The summed E-state index contributed by atoms with van der Waals surface area (Å²) in [5, 5.41) is 24.3. The highest BCUT2D eigenvalue weighted by Crippen LogP contribution is 2.44. The lowest BCUT2D eigenvalue weighted by Crippen LogP contribution is -2.55. The highest BCUT2D eigenvalue weighted by atomic mass is 31.2. The van der Waals surface area contributed by atoms with Crippen LogP contribution in [0, 0.1) is 0 Å². The van der Waals surface area contributed by atoms with Crippen LogP contribution < -0.4 is 15.7 Å². The van der Waals surface area contributed by atoms with Gasteiger partial charge in [0.25, 0.3) is 0 Å². The minimum Gasteiger partial charge on any atom is -0.480 e. The second kappa shape index (κ2) is 11.5. The van der Waals surface area contributed by atoms with Crippen LogP contribution in [0.25, 0.3) is 11.1 Å². The number of carboxylic acids is 1. The summed E-state index contributed by atoms with van der Waals surface area (Å²) in [6, 6.07) is 11.6. The molecule has 0 spiro atoms. The van der Waals surface area contributed by atoms with E-state index >= 15 is 0 Å². The van der Waals surface area contributed by atoms with Crippen molar-refractivity contribution >= 4 is 31.6 Å². The molecule has 37 heavy (non-hydrogen) atoms. The summed E-state index contributed by atoms with van der Waals surface area (Å²) in [6.07, 6.45) is -3.61. The van der Waals surface area contributed by atoms with Gasteiger partial charge in [-0.15, -0.1) is 0 Å². The lowest BCUT2D eigenvalue weighted by molar-refractivity contribution is -0.145. The van der Waals surface area contributed by atoms with Crippen LogP contribution in [0.5, 0.6) is 0 Å². The smallest absolute Gasteiger partial charge is 0.429 e. The largest absolute Gasteiger partial charge is 0.480 e. The van der Waals surface area contributed by atoms with E-state index in [0.717, 1.165) is 29.2 Å². The van der Waals surface area contributed by atoms with E-state index in [0.29, 0.717) is 0 Å². The van der Waals surface area contributed by atoms with Gasteiger partial charge in [-0.3, -0.25) is 14.7 Å². The highest BCUT2D eigenvalue weighted by molar-refractivity contribution is 7.50. The number of fused-ring (bicyclic) bond motifs is 3. The summed E-state index contributed by atoms with van der Waals surface area (Å²) in [5.41, 5.74) is 3.81. The molecule has 1 aliphatic rings. The fourth-order valence-electron chi connectivity index (χ4n) is 4.03. The number of aliphatic hydroxyl groups is 1. The summed E-state index contributed by atoms with van der Waals surface area (Å²) in [6.45, 7) is 0.974. The Morgan fingerprint density at radius 2 is 1.51 bits per heavy atom. The number of ether oxygens (including phenoxy) is 1. The zero-order valence-corrected chi connectivity index (χ0v) is 20.4. The van der Waals surface area contributed by atoms with Gasteiger partial charge in [0, 0.05) is 5.92 Å². The quantitative estimate of drug-likeness (QED) is 0.209. The minimum atomic E-state index is -5.00. The van der Waals surface area contributed by atoms with Crippen molar-refractivity contribution in [2.75, 3.05) is 6.61 Å². The molecule has 0 unspecified atom stereocenters. The normalized spacial score (nSPS) is 14.9. The molecule has 0 bridgehead atoms. The molecule has 3 atom stereocenters. The van der Waals surface area contributed by atoms with Gasteiger partial charge in [-0.2, -0.15) is 0 Å². The fraction of sp³-hybridized carbons (Fsp3) is 0.304. The Bertz CT molecular complexity index is 1200. The monoisotopic (exact) mass is 535 g/mol. The second-order valence-corrected chi connectivity index (χ2v) is 9.68. The molecule has 198 valence electrons. The van der Waals surface area contributed by atoms with Crippen LogP contribution in [0.4, 0.5) is 4.79 Å². The van der Waals surface area contributed by atoms with Gasteiger partial charge in [0.2, 0.25) is 11.8 Å². The van der Waals surface area contributed by atoms with E-state index in [-0.39, 0.29) is 12.5 Å². The highest BCUT2D eigenvalue weighted by Gasteiger charge is 2.33. The molecule has 1 aliphatic carbocycles. The van der Waals surface area contributed by atoms with Crippen LogP contribution in [0.2, 0.25) is 0 Å². The number of nitrogens with one attached hydrogen (secondary N) is 3. The Hall–Kier alpha value is -3.77. The van der Waals surface area contributed by atoms with Crippen LogP contribution in [0.3, 0.4) is 0 Å². The molecule has 0 radical (unpaired) electrons. The van der Waals surface area contributed by atoms with Gasteiger partial charge in [0.15, 0.2) is 6.04 Å². The maximum absolute atomic E-state index is 12.7. The second-order valence-electron chi connectivity index (χ2n) is 8.37. The molecule has 0 heterocycles. The first-order valence-corrected chi connectivity index (χ1v) is 12.7. The molecule has 0 aromatic heterocycles. The third kappa shape index (κ3) is 7.14. The number of aliphatic hydroxyl groups excluding tert-OH is 1. The topological polar surface area (TPSA) is 212 Å². The average molecular weight is 535 g/mol. The molecule has 7 N–H and O–H groups in total. The Labute approximate surface area is 211 Å². The van der Waals surface area contributed by atoms with Crippen molar-refractivity contribution in [2.45, 2.75) is 37.5 Å². The van der Waals surface area contributed by atoms with Crippen molar-refractivity contribution in [3.05, 3.63) is 59.7 Å². The molecule has 3 rings (SSSR count). The number of carbonyl (C=O) groups excluding carboxylic acids is 3. The first-order valence-electron chi connectivity index (χ1n) is 11.1. The predicted molar refractivity (Wildman–Crippen MR) is 128 cm³/mol. The van der Waals surface area contributed by atoms with Crippen LogP contribution in [0.1, 0.15) is 30.4 Å². The fourth-order valence-corrected chi connectivity index (χ4v) is 4.44. The van der Waals surface area contributed by atoms with Crippen molar-refractivity contribution in [3.8, 4) is 11.1 Å².